The Morgan fingerprint density at radius 1 is 1.07 bits per heavy atom. The van der Waals surface area contributed by atoms with E-state index in [1.165, 1.54) is 5.56 Å². The molecule has 6 heteroatoms. The molecule has 5 nitrogen and oxygen atoms in total. The number of quaternary nitrogens is 1. The van der Waals surface area contributed by atoms with E-state index in [1.54, 1.807) is 18.0 Å². The molecule has 28 heavy (non-hydrogen) atoms. The minimum atomic E-state index is -0.0992. The molecule has 2 amide bonds. The highest BCUT2D eigenvalue weighted by atomic mass is 35.5. The summed E-state index contributed by atoms with van der Waals surface area (Å²) in [6, 6.07) is 11.6. The van der Waals surface area contributed by atoms with Gasteiger partial charge in [-0.3, -0.25) is 9.59 Å². The van der Waals surface area contributed by atoms with Gasteiger partial charge in [-0.1, -0.05) is 41.4 Å². The van der Waals surface area contributed by atoms with Gasteiger partial charge >= 0.3 is 0 Å². The first kappa shape index (κ1) is 21.9. The molecule has 0 aromatic heterocycles. The van der Waals surface area contributed by atoms with Crippen LogP contribution in [0.25, 0.3) is 0 Å². The number of rotatable bonds is 7. The number of likely N-dealkylation sites (N-methyl/N-ethyl adjacent to an activating group) is 2. The van der Waals surface area contributed by atoms with Crippen molar-refractivity contribution in [2.24, 2.45) is 0 Å². The van der Waals surface area contributed by atoms with Crippen LogP contribution in [0.5, 0.6) is 0 Å². The zero-order valence-corrected chi connectivity index (χ0v) is 18.0. The van der Waals surface area contributed by atoms with Crippen LogP contribution >= 0.6 is 11.6 Å². The fraction of sp³-hybridized carbons (Fsp3) is 0.364. The van der Waals surface area contributed by atoms with Gasteiger partial charge in [0.1, 0.15) is 0 Å². The maximum atomic E-state index is 12.5. The Kier molecular flexibility index (Phi) is 7.61. The Labute approximate surface area is 172 Å². The van der Waals surface area contributed by atoms with Gasteiger partial charge in [0.25, 0.3) is 11.8 Å². The molecule has 2 aromatic carbocycles. The molecule has 0 aliphatic rings. The standard InChI is InChI=1S/C22H28ClN3O2/c1-15-9-16(2)22(17(3)10-15)24-20(27)13-25(4)14-21(28)26(5)12-18-7-6-8-19(23)11-18/h6-11H,12-14H2,1-5H3,(H,24,27)/p+1. The normalized spacial score (nSPS) is 11.8. The van der Waals surface area contributed by atoms with Crippen LogP contribution in [0.3, 0.4) is 0 Å². The molecule has 150 valence electrons. The van der Waals surface area contributed by atoms with Crippen molar-refractivity contribution in [1.29, 1.82) is 0 Å². The zero-order chi connectivity index (χ0) is 20.8. The molecule has 0 saturated carbocycles. The van der Waals surface area contributed by atoms with E-state index in [0.29, 0.717) is 11.6 Å². The zero-order valence-electron chi connectivity index (χ0n) is 17.2. The van der Waals surface area contributed by atoms with E-state index in [4.69, 9.17) is 11.6 Å². The van der Waals surface area contributed by atoms with Gasteiger partial charge in [-0.2, -0.15) is 0 Å². The lowest BCUT2D eigenvalue weighted by molar-refractivity contribution is -0.862. The largest absolute Gasteiger partial charge is 0.337 e. The number of halogens is 1. The third-order valence-electron chi connectivity index (χ3n) is 4.59. The number of hydrogen-bond donors (Lipinski definition) is 2. The van der Waals surface area contributed by atoms with E-state index in [1.807, 2.05) is 58.2 Å². The summed E-state index contributed by atoms with van der Waals surface area (Å²) in [4.78, 5) is 27.4. The van der Waals surface area contributed by atoms with Crippen LogP contribution < -0.4 is 10.2 Å². The highest BCUT2D eigenvalue weighted by molar-refractivity contribution is 6.30. The minimum absolute atomic E-state index is 0.0204. The third-order valence-corrected chi connectivity index (χ3v) is 4.83. The van der Waals surface area contributed by atoms with E-state index in [9.17, 15) is 9.59 Å². The summed E-state index contributed by atoms with van der Waals surface area (Å²) in [6.07, 6.45) is 0. The van der Waals surface area contributed by atoms with Crippen molar-refractivity contribution in [3.63, 3.8) is 0 Å². The van der Waals surface area contributed by atoms with Gasteiger partial charge in [0.2, 0.25) is 0 Å². The van der Waals surface area contributed by atoms with Gasteiger partial charge in [0.15, 0.2) is 13.1 Å². The first-order chi connectivity index (χ1) is 13.2. The molecule has 2 N–H and O–H groups in total. The van der Waals surface area contributed by atoms with Gasteiger partial charge in [0.05, 0.1) is 7.05 Å². The molecule has 2 aromatic rings. The molecule has 1 unspecified atom stereocenters. The molecule has 0 saturated heterocycles. The Morgan fingerprint density at radius 3 is 2.32 bits per heavy atom. The summed E-state index contributed by atoms with van der Waals surface area (Å²) >= 11 is 5.99. The number of carbonyl (C=O) groups is 2. The van der Waals surface area contributed by atoms with E-state index in [2.05, 4.69) is 5.32 Å². The third kappa shape index (κ3) is 6.36. The van der Waals surface area contributed by atoms with Gasteiger partial charge in [-0.05, 0) is 49.6 Å². The fourth-order valence-electron chi connectivity index (χ4n) is 3.29. The van der Waals surface area contributed by atoms with Crippen molar-refractivity contribution in [3.8, 4) is 0 Å². The van der Waals surface area contributed by atoms with Crippen molar-refractivity contribution in [2.75, 3.05) is 32.5 Å². The summed E-state index contributed by atoms with van der Waals surface area (Å²) in [6.45, 7) is 6.97. The number of benzene rings is 2. The molecule has 0 bridgehead atoms. The molecule has 2 rings (SSSR count). The number of aryl methyl sites for hydroxylation is 3. The molecule has 0 aliphatic heterocycles. The van der Waals surface area contributed by atoms with Gasteiger partial charge in [-0.25, -0.2) is 0 Å². The summed E-state index contributed by atoms with van der Waals surface area (Å²) in [5.74, 6) is -0.120. The van der Waals surface area contributed by atoms with E-state index in [0.717, 1.165) is 27.3 Å². The lowest BCUT2D eigenvalue weighted by Crippen LogP contribution is -3.11. The maximum Gasteiger partial charge on any atom is 0.279 e. The van der Waals surface area contributed by atoms with E-state index in [-0.39, 0.29) is 24.9 Å². The van der Waals surface area contributed by atoms with Crippen LogP contribution in [0, 0.1) is 20.8 Å². The van der Waals surface area contributed by atoms with Crippen LogP contribution in [0.4, 0.5) is 5.69 Å². The SMILES string of the molecule is Cc1cc(C)c(NC(=O)C[NH+](C)CC(=O)N(C)Cc2cccc(Cl)c2)c(C)c1. The quantitative estimate of drug-likeness (QED) is 0.747. The number of carbonyl (C=O) groups excluding carboxylic acids is 2. The van der Waals surface area contributed by atoms with Crippen LogP contribution in [0.2, 0.25) is 5.02 Å². The van der Waals surface area contributed by atoms with Crippen molar-refractivity contribution in [1.82, 2.24) is 4.90 Å². The summed E-state index contributed by atoms with van der Waals surface area (Å²) in [5.41, 5.74) is 5.09. The van der Waals surface area contributed by atoms with E-state index >= 15 is 0 Å². The predicted molar refractivity (Wildman–Crippen MR) is 114 cm³/mol. The lowest BCUT2D eigenvalue weighted by atomic mass is 10.1. The van der Waals surface area contributed by atoms with Crippen molar-refractivity contribution in [2.45, 2.75) is 27.3 Å². The molecule has 0 heterocycles. The van der Waals surface area contributed by atoms with Gasteiger partial charge < -0.3 is 15.1 Å². The van der Waals surface area contributed by atoms with Crippen molar-refractivity contribution < 1.29 is 14.5 Å². The lowest BCUT2D eigenvalue weighted by Gasteiger charge is -2.20. The first-order valence-corrected chi connectivity index (χ1v) is 9.71. The second kappa shape index (κ2) is 9.71. The van der Waals surface area contributed by atoms with Crippen molar-refractivity contribution in [3.05, 3.63) is 63.7 Å². The van der Waals surface area contributed by atoms with Crippen molar-refractivity contribution >= 4 is 29.1 Å². The molecule has 0 radical (unpaired) electrons. The number of hydrogen-bond acceptors (Lipinski definition) is 2. The fourth-order valence-corrected chi connectivity index (χ4v) is 3.50. The highest BCUT2D eigenvalue weighted by Gasteiger charge is 2.18. The summed E-state index contributed by atoms with van der Waals surface area (Å²) in [5, 5.41) is 3.64. The van der Waals surface area contributed by atoms with Gasteiger partial charge in [-0.15, -0.1) is 0 Å². The minimum Gasteiger partial charge on any atom is -0.337 e. The predicted octanol–water partition coefficient (Wildman–Crippen LogP) is 2.38. The van der Waals surface area contributed by atoms with Crippen LogP contribution in [-0.2, 0) is 16.1 Å². The number of anilines is 1. The second-order valence-corrected chi connectivity index (χ2v) is 7.95. The average Bonchev–Trinajstić information content (AvgIpc) is 2.57. The van der Waals surface area contributed by atoms with Gasteiger partial charge in [0, 0.05) is 24.3 Å². The Morgan fingerprint density at radius 2 is 1.71 bits per heavy atom. The summed E-state index contributed by atoms with van der Waals surface area (Å²) in [7, 11) is 3.61. The summed E-state index contributed by atoms with van der Waals surface area (Å²) < 4.78 is 0. The Balaban J connectivity index is 1.88. The molecular weight excluding hydrogens is 374 g/mol. The topological polar surface area (TPSA) is 53.9 Å². The monoisotopic (exact) mass is 402 g/mol. The molecule has 0 fully saturated rings. The van der Waals surface area contributed by atoms with Crippen LogP contribution in [0.1, 0.15) is 22.3 Å². The average molecular weight is 403 g/mol. The van der Waals surface area contributed by atoms with Crippen LogP contribution in [0.15, 0.2) is 36.4 Å². The maximum absolute atomic E-state index is 12.5. The molecule has 1 atom stereocenters. The first-order valence-electron chi connectivity index (χ1n) is 9.33. The Bertz CT molecular complexity index is 844. The number of amides is 2. The number of nitrogens with zero attached hydrogens (tertiary/aromatic N) is 1. The van der Waals surface area contributed by atoms with E-state index < -0.39 is 0 Å². The Hall–Kier alpha value is -2.37. The number of nitrogens with one attached hydrogen (secondary N) is 2. The molecular formula is C22H29ClN3O2+. The second-order valence-electron chi connectivity index (χ2n) is 7.51. The molecule has 0 aliphatic carbocycles. The smallest absolute Gasteiger partial charge is 0.279 e. The van der Waals surface area contributed by atoms with Crippen LogP contribution in [-0.4, -0.2) is 43.9 Å². The highest BCUT2D eigenvalue weighted by Crippen LogP contribution is 2.21. The molecule has 0 spiro atoms.